The lowest BCUT2D eigenvalue weighted by atomic mass is 9.80. The van der Waals surface area contributed by atoms with Gasteiger partial charge in [-0.1, -0.05) is 78.4 Å². The number of rotatable bonds is 3. The molecule has 0 radical (unpaired) electrons. The monoisotopic (exact) mass is 412 g/mol. The molecule has 4 amide bonds. The minimum atomic E-state index is -1.13. The zero-order chi connectivity index (χ0) is 21.8. The van der Waals surface area contributed by atoms with Crippen molar-refractivity contribution in [2.75, 3.05) is 19.0 Å². The van der Waals surface area contributed by atoms with Gasteiger partial charge in [0.15, 0.2) is 11.3 Å². The predicted molar refractivity (Wildman–Crippen MR) is 119 cm³/mol. The summed E-state index contributed by atoms with van der Waals surface area (Å²) in [5.74, 6) is 0. The van der Waals surface area contributed by atoms with Crippen LogP contribution in [0.2, 0.25) is 0 Å². The molecule has 0 bridgehead atoms. The van der Waals surface area contributed by atoms with E-state index in [1.165, 1.54) is 0 Å². The highest BCUT2D eigenvalue weighted by atomic mass is 16.2. The molecule has 0 saturated carbocycles. The Hall–Kier alpha value is -3.80. The Balaban J connectivity index is 1.90. The first-order valence-corrected chi connectivity index (χ1v) is 10.3. The number of fused-ring (bicyclic) bond motifs is 1. The van der Waals surface area contributed by atoms with E-state index in [4.69, 9.17) is 0 Å². The summed E-state index contributed by atoms with van der Waals surface area (Å²) >= 11 is 0. The molecule has 2 unspecified atom stereocenters. The minimum absolute atomic E-state index is 0.176. The fraction of sp³-hybridized carbons (Fsp3) is 0.200. The van der Waals surface area contributed by atoms with Crippen LogP contribution in [0.3, 0.4) is 0 Å². The highest BCUT2D eigenvalue weighted by molar-refractivity contribution is 6.01. The lowest BCUT2D eigenvalue weighted by Crippen LogP contribution is -2.62. The number of benzene rings is 3. The maximum absolute atomic E-state index is 13.7. The van der Waals surface area contributed by atoms with E-state index in [9.17, 15) is 9.59 Å². The molecule has 0 aliphatic carbocycles. The molecule has 0 aromatic heterocycles. The Morgan fingerprint density at radius 2 is 1.26 bits per heavy atom. The van der Waals surface area contributed by atoms with Crippen molar-refractivity contribution in [3.05, 3.63) is 102 Å². The molecule has 1 N–H and O–H groups in total. The summed E-state index contributed by atoms with van der Waals surface area (Å²) in [6, 6.07) is 26.8. The Morgan fingerprint density at radius 1 is 0.710 bits per heavy atom. The number of amides is 4. The van der Waals surface area contributed by atoms with E-state index in [2.05, 4.69) is 5.32 Å². The largest absolute Gasteiger partial charge is 0.326 e. The third kappa shape index (κ3) is 2.27. The van der Waals surface area contributed by atoms with Crippen molar-refractivity contribution in [1.82, 2.24) is 15.1 Å². The molecule has 2 aliphatic rings. The van der Waals surface area contributed by atoms with Crippen LogP contribution in [0, 0.1) is 6.92 Å². The zero-order valence-electron chi connectivity index (χ0n) is 17.7. The van der Waals surface area contributed by atoms with Crippen LogP contribution in [0.25, 0.3) is 0 Å². The van der Waals surface area contributed by atoms with Crippen LogP contribution in [0.4, 0.5) is 15.3 Å². The number of likely N-dealkylation sites (N-methyl/N-ethyl adjacent to an activating group) is 2. The highest BCUT2D eigenvalue weighted by Crippen LogP contribution is 2.57. The van der Waals surface area contributed by atoms with Crippen LogP contribution in [0.5, 0.6) is 0 Å². The lowest BCUT2D eigenvalue weighted by Gasteiger charge is -2.47. The first-order chi connectivity index (χ1) is 14.9. The normalized spacial score (nSPS) is 25.1. The Morgan fingerprint density at radius 3 is 1.84 bits per heavy atom. The van der Waals surface area contributed by atoms with Crippen LogP contribution in [-0.2, 0) is 11.3 Å². The molecule has 3 aromatic carbocycles. The van der Waals surface area contributed by atoms with Gasteiger partial charge in [0, 0.05) is 30.9 Å². The number of urea groups is 2. The molecule has 2 heterocycles. The number of anilines is 1. The van der Waals surface area contributed by atoms with Crippen molar-refractivity contribution in [2.24, 2.45) is 0 Å². The third-order valence-electron chi connectivity index (χ3n) is 6.54. The van der Waals surface area contributed by atoms with Gasteiger partial charge in [0.05, 0.1) is 0 Å². The summed E-state index contributed by atoms with van der Waals surface area (Å²) < 4.78 is 0. The first-order valence-electron chi connectivity index (χ1n) is 10.3. The van der Waals surface area contributed by atoms with Gasteiger partial charge in [-0.2, -0.15) is 0 Å². The van der Waals surface area contributed by atoms with Crippen molar-refractivity contribution in [1.29, 1.82) is 0 Å². The number of carbonyl (C=O) groups excluding carboxylic acids is 2. The fourth-order valence-corrected chi connectivity index (χ4v) is 5.17. The van der Waals surface area contributed by atoms with Crippen LogP contribution in [-0.4, -0.2) is 36.0 Å². The topological polar surface area (TPSA) is 55.9 Å². The summed E-state index contributed by atoms with van der Waals surface area (Å²) in [7, 11) is 3.51. The molecule has 2 saturated heterocycles. The molecule has 31 heavy (non-hydrogen) atoms. The molecule has 2 atom stereocenters. The standard InChI is InChI=1S/C25H24N4O2/c1-18-14-16-21(17-15-18)29-22(30)26-24(19-10-6-4-7-11-19)25(29,20-12-8-5-9-13-20)28(3)23(31)27(24)2/h4-17H,1-3H3,(H,26,30). The quantitative estimate of drug-likeness (QED) is 0.700. The molecule has 0 spiro atoms. The summed E-state index contributed by atoms with van der Waals surface area (Å²) in [6.45, 7) is 2.01. The van der Waals surface area contributed by atoms with E-state index in [1.54, 1.807) is 28.8 Å². The Labute approximate surface area is 181 Å². The Bertz CT molecular complexity index is 1150. The van der Waals surface area contributed by atoms with E-state index in [-0.39, 0.29) is 12.1 Å². The van der Waals surface area contributed by atoms with Gasteiger partial charge in [-0.25, -0.2) is 9.59 Å². The fourth-order valence-electron chi connectivity index (χ4n) is 5.17. The molecule has 2 aliphatic heterocycles. The maximum atomic E-state index is 13.7. The Kier molecular flexibility index (Phi) is 4.09. The van der Waals surface area contributed by atoms with Crippen LogP contribution in [0.1, 0.15) is 16.7 Å². The molecule has 6 nitrogen and oxygen atoms in total. The average molecular weight is 412 g/mol. The molecular weight excluding hydrogens is 388 g/mol. The SMILES string of the molecule is Cc1ccc(N2C(=O)NC3(c4ccccc4)N(C)C(=O)N(C)C23c2ccccc2)cc1. The molecule has 3 aromatic rings. The van der Waals surface area contributed by atoms with Crippen molar-refractivity contribution < 1.29 is 9.59 Å². The van der Waals surface area contributed by atoms with Crippen LogP contribution in [0.15, 0.2) is 84.9 Å². The lowest BCUT2D eigenvalue weighted by molar-refractivity contribution is 0.0784. The summed E-state index contributed by atoms with van der Waals surface area (Å²) in [4.78, 5) is 32.2. The van der Waals surface area contributed by atoms with Gasteiger partial charge in [0.25, 0.3) is 0 Å². The number of aryl methyl sites for hydroxylation is 1. The number of carbonyl (C=O) groups is 2. The number of hydrogen-bond donors (Lipinski definition) is 1. The zero-order valence-corrected chi connectivity index (χ0v) is 17.7. The average Bonchev–Trinajstić information content (AvgIpc) is 3.17. The van der Waals surface area contributed by atoms with Crippen LogP contribution < -0.4 is 10.2 Å². The van der Waals surface area contributed by atoms with Crippen molar-refractivity contribution in [2.45, 2.75) is 18.2 Å². The second-order valence-corrected chi connectivity index (χ2v) is 8.12. The smallest absolute Gasteiger partial charge is 0.307 e. The maximum Gasteiger partial charge on any atom is 0.326 e. The molecule has 5 rings (SSSR count). The third-order valence-corrected chi connectivity index (χ3v) is 6.54. The number of hydrogen-bond acceptors (Lipinski definition) is 2. The van der Waals surface area contributed by atoms with Crippen molar-refractivity contribution >= 4 is 17.7 Å². The van der Waals surface area contributed by atoms with E-state index in [1.807, 2.05) is 91.9 Å². The van der Waals surface area contributed by atoms with E-state index in [0.717, 1.165) is 22.4 Å². The minimum Gasteiger partial charge on any atom is -0.307 e. The van der Waals surface area contributed by atoms with Gasteiger partial charge in [-0.3, -0.25) is 14.7 Å². The first kappa shape index (κ1) is 19.2. The van der Waals surface area contributed by atoms with E-state index in [0.29, 0.717) is 0 Å². The molecular formula is C25H24N4O2. The van der Waals surface area contributed by atoms with Crippen molar-refractivity contribution in [3.8, 4) is 0 Å². The summed E-state index contributed by atoms with van der Waals surface area (Å²) in [5.41, 5.74) is 1.25. The van der Waals surface area contributed by atoms with Gasteiger partial charge in [0.1, 0.15) is 0 Å². The van der Waals surface area contributed by atoms with E-state index >= 15 is 0 Å². The predicted octanol–water partition coefficient (Wildman–Crippen LogP) is 4.23. The van der Waals surface area contributed by atoms with Gasteiger partial charge in [0.2, 0.25) is 0 Å². The molecule has 6 heteroatoms. The molecule has 156 valence electrons. The summed E-state index contributed by atoms with van der Waals surface area (Å²) in [6.07, 6.45) is 0. The number of nitrogens with one attached hydrogen (secondary N) is 1. The van der Waals surface area contributed by atoms with E-state index < -0.39 is 11.3 Å². The number of nitrogens with zero attached hydrogens (tertiary/aromatic N) is 3. The van der Waals surface area contributed by atoms with Crippen molar-refractivity contribution in [3.63, 3.8) is 0 Å². The molecule has 2 fully saturated rings. The summed E-state index contributed by atoms with van der Waals surface area (Å²) in [5, 5.41) is 3.21. The van der Waals surface area contributed by atoms with Gasteiger partial charge in [-0.15, -0.1) is 0 Å². The van der Waals surface area contributed by atoms with Gasteiger partial charge >= 0.3 is 12.1 Å². The van der Waals surface area contributed by atoms with Gasteiger partial charge in [-0.05, 0) is 19.1 Å². The second-order valence-electron chi connectivity index (χ2n) is 8.12. The second kappa shape index (κ2) is 6.60. The van der Waals surface area contributed by atoms with Crippen LogP contribution >= 0.6 is 0 Å². The van der Waals surface area contributed by atoms with Gasteiger partial charge < -0.3 is 5.32 Å². The highest BCUT2D eigenvalue weighted by Gasteiger charge is 2.75.